The maximum atomic E-state index is 9.65. The van der Waals surface area contributed by atoms with Crippen molar-refractivity contribution in [1.29, 1.82) is 0 Å². The summed E-state index contributed by atoms with van der Waals surface area (Å²) in [5.41, 5.74) is 4.34. The molecule has 4 heterocycles. The molecule has 1 saturated heterocycles. The quantitative estimate of drug-likeness (QED) is 0.652. The first kappa shape index (κ1) is 15.7. The summed E-state index contributed by atoms with van der Waals surface area (Å²) in [5.74, 6) is 1.34. The normalized spacial score (nSPS) is 20.0. The van der Waals surface area contributed by atoms with Crippen LogP contribution in [0.3, 0.4) is 0 Å². The Morgan fingerprint density at radius 1 is 1.27 bits per heavy atom. The van der Waals surface area contributed by atoms with Crippen LogP contribution in [0.4, 0.5) is 5.82 Å². The molecule has 7 heteroatoms. The van der Waals surface area contributed by atoms with Crippen molar-refractivity contribution in [2.45, 2.75) is 37.8 Å². The minimum Gasteiger partial charge on any atom is -0.392 e. The van der Waals surface area contributed by atoms with Crippen LogP contribution in [-0.2, 0) is 6.61 Å². The summed E-state index contributed by atoms with van der Waals surface area (Å²) in [6.45, 7) is 2.02. The molecule has 3 aromatic rings. The zero-order chi connectivity index (χ0) is 17.5. The lowest BCUT2D eigenvalue weighted by Crippen LogP contribution is -2.22. The van der Waals surface area contributed by atoms with Crippen LogP contribution in [0.1, 0.15) is 36.4 Å². The van der Waals surface area contributed by atoms with Crippen LogP contribution in [0.15, 0.2) is 30.5 Å². The molecule has 0 bridgehead atoms. The molecule has 0 aromatic carbocycles. The number of anilines is 1. The first-order valence-electron chi connectivity index (χ1n) is 9.25. The van der Waals surface area contributed by atoms with E-state index in [2.05, 4.69) is 15.6 Å². The molecule has 1 saturated carbocycles. The third kappa shape index (κ3) is 2.83. The van der Waals surface area contributed by atoms with E-state index in [0.29, 0.717) is 12.0 Å². The van der Waals surface area contributed by atoms with E-state index < -0.39 is 0 Å². The maximum Gasteiger partial charge on any atom is 0.154 e. The van der Waals surface area contributed by atoms with E-state index in [1.54, 1.807) is 0 Å². The lowest BCUT2D eigenvalue weighted by Gasteiger charge is -2.13. The fourth-order valence-corrected chi connectivity index (χ4v) is 3.61. The SMILES string of the molecule is OCc1cc2ncc(-c3cccc(N[C@@H]4CCNC4)n3)n2nc1C1CC1. The summed E-state index contributed by atoms with van der Waals surface area (Å²) < 4.78 is 1.86. The van der Waals surface area contributed by atoms with Crippen molar-refractivity contribution in [3.05, 3.63) is 41.7 Å². The van der Waals surface area contributed by atoms with Crippen molar-refractivity contribution in [3.63, 3.8) is 0 Å². The van der Waals surface area contributed by atoms with Gasteiger partial charge in [0, 0.05) is 24.1 Å². The van der Waals surface area contributed by atoms with Crippen LogP contribution in [-0.4, -0.2) is 43.8 Å². The highest BCUT2D eigenvalue weighted by Gasteiger charge is 2.28. The van der Waals surface area contributed by atoms with Crippen molar-refractivity contribution in [1.82, 2.24) is 24.9 Å². The largest absolute Gasteiger partial charge is 0.392 e. The van der Waals surface area contributed by atoms with Gasteiger partial charge in [-0.05, 0) is 44.0 Å². The molecule has 0 radical (unpaired) electrons. The Bertz CT molecular complexity index is 942. The fraction of sp³-hybridized carbons (Fsp3) is 0.421. The second-order valence-corrected chi connectivity index (χ2v) is 7.14. The van der Waals surface area contributed by atoms with Crippen molar-refractivity contribution < 1.29 is 5.11 Å². The van der Waals surface area contributed by atoms with E-state index in [1.165, 1.54) is 0 Å². The summed E-state index contributed by atoms with van der Waals surface area (Å²) in [4.78, 5) is 9.25. The molecule has 26 heavy (non-hydrogen) atoms. The smallest absolute Gasteiger partial charge is 0.154 e. The number of hydrogen-bond donors (Lipinski definition) is 3. The predicted octanol–water partition coefficient (Wildman–Crippen LogP) is 1.93. The molecule has 7 nitrogen and oxygen atoms in total. The first-order chi connectivity index (χ1) is 12.8. The number of nitrogens with zero attached hydrogens (tertiary/aromatic N) is 4. The number of rotatable bonds is 5. The first-order valence-corrected chi connectivity index (χ1v) is 9.25. The minimum atomic E-state index is 0.00457. The molecule has 2 aliphatic rings. The Kier molecular flexibility index (Phi) is 3.83. The Morgan fingerprint density at radius 2 is 2.19 bits per heavy atom. The molecule has 0 amide bonds. The van der Waals surface area contributed by atoms with Gasteiger partial charge in [0.05, 0.1) is 24.2 Å². The number of aliphatic hydroxyl groups is 1. The highest BCUT2D eigenvalue weighted by molar-refractivity contribution is 5.62. The lowest BCUT2D eigenvalue weighted by atomic mass is 10.1. The summed E-state index contributed by atoms with van der Waals surface area (Å²) in [5, 5.41) is 21.3. The van der Waals surface area contributed by atoms with Crippen LogP contribution >= 0.6 is 0 Å². The van der Waals surface area contributed by atoms with Gasteiger partial charge in [-0.15, -0.1) is 0 Å². The van der Waals surface area contributed by atoms with Crippen LogP contribution in [0.5, 0.6) is 0 Å². The van der Waals surface area contributed by atoms with Gasteiger partial charge in [-0.1, -0.05) is 6.07 Å². The molecular weight excluding hydrogens is 328 g/mol. The zero-order valence-electron chi connectivity index (χ0n) is 14.5. The highest BCUT2D eigenvalue weighted by atomic mass is 16.3. The number of aromatic nitrogens is 4. The highest BCUT2D eigenvalue weighted by Crippen LogP contribution is 2.40. The predicted molar refractivity (Wildman–Crippen MR) is 99.0 cm³/mol. The van der Waals surface area contributed by atoms with Gasteiger partial charge in [-0.2, -0.15) is 5.10 Å². The minimum absolute atomic E-state index is 0.00457. The number of fused-ring (bicyclic) bond motifs is 1. The van der Waals surface area contributed by atoms with E-state index in [0.717, 1.165) is 66.5 Å². The van der Waals surface area contributed by atoms with Crippen LogP contribution in [0, 0.1) is 0 Å². The number of aliphatic hydroxyl groups excluding tert-OH is 1. The lowest BCUT2D eigenvalue weighted by molar-refractivity contribution is 0.279. The molecule has 1 aliphatic heterocycles. The van der Waals surface area contributed by atoms with E-state index >= 15 is 0 Å². The van der Waals surface area contributed by atoms with E-state index in [9.17, 15) is 5.11 Å². The molecular formula is C19H22N6O. The van der Waals surface area contributed by atoms with Crippen molar-refractivity contribution >= 4 is 11.5 Å². The summed E-state index contributed by atoms with van der Waals surface area (Å²) in [6, 6.07) is 8.36. The molecule has 2 fully saturated rings. The molecule has 5 rings (SSSR count). The van der Waals surface area contributed by atoms with Gasteiger partial charge in [0.15, 0.2) is 5.65 Å². The van der Waals surface area contributed by atoms with Crippen molar-refractivity contribution in [3.8, 4) is 11.4 Å². The molecule has 134 valence electrons. The monoisotopic (exact) mass is 350 g/mol. The Hall–Kier alpha value is -2.51. The van der Waals surface area contributed by atoms with Gasteiger partial charge in [-0.3, -0.25) is 0 Å². The van der Waals surface area contributed by atoms with Crippen molar-refractivity contribution in [2.24, 2.45) is 0 Å². The summed E-state index contributed by atoms with van der Waals surface area (Å²) >= 11 is 0. The summed E-state index contributed by atoms with van der Waals surface area (Å²) in [6.07, 6.45) is 5.20. The van der Waals surface area contributed by atoms with Gasteiger partial charge >= 0.3 is 0 Å². The van der Waals surface area contributed by atoms with Gasteiger partial charge in [0.25, 0.3) is 0 Å². The van der Waals surface area contributed by atoms with Crippen LogP contribution in [0.2, 0.25) is 0 Å². The van der Waals surface area contributed by atoms with E-state index in [-0.39, 0.29) is 6.61 Å². The van der Waals surface area contributed by atoms with Crippen LogP contribution in [0.25, 0.3) is 17.0 Å². The van der Waals surface area contributed by atoms with Crippen molar-refractivity contribution in [2.75, 3.05) is 18.4 Å². The maximum absolute atomic E-state index is 9.65. The fourth-order valence-electron chi connectivity index (χ4n) is 3.61. The van der Waals surface area contributed by atoms with Gasteiger partial charge in [0.2, 0.25) is 0 Å². The van der Waals surface area contributed by atoms with Gasteiger partial charge < -0.3 is 15.7 Å². The van der Waals surface area contributed by atoms with Crippen LogP contribution < -0.4 is 10.6 Å². The molecule has 0 spiro atoms. The van der Waals surface area contributed by atoms with Gasteiger partial charge in [0.1, 0.15) is 11.5 Å². The average Bonchev–Trinajstić information content (AvgIpc) is 3.23. The van der Waals surface area contributed by atoms with Gasteiger partial charge in [-0.25, -0.2) is 14.5 Å². The standard InChI is InChI=1S/C19H22N6O/c26-11-13-8-18-21-10-16(25(18)24-19(13)12-4-5-12)15-2-1-3-17(23-15)22-14-6-7-20-9-14/h1-3,8,10,12,14,20,26H,4-7,9,11H2,(H,22,23)/t14-/m1/s1. The Balaban J connectivity index is 1.53. The number of pyridine rings is 1. The Labute approximate surface area is 151 Å². The van der Waals surface area contributed by atoms with E-state index in [1.807, 2.05) is 35.0 Å². The second kappa shape index (κ2) is 6.34. The Morgan fingerprint density at radius 3 is 2.96 bits per heavy atom. The van der Waals surface area contributed by atoms with E-state index in [4.69, 9.17) is 10.1 Å². The third-order valence-electron chi connectivity index (χ3n) is 5.16. The molecule has 0 unspecified atom stereocenters. The number of imidazole rings is 1. The third-order valence-corrected chi connectivity index (χ3v) is 5.16. The average molecular weight is 350 g/mol. The number of hydrogen-bond acceptors (Lipinski definition) is 6. The summed E-state index contributed by atoms with van der Waals surface area (Å²) in [7, 11) is 0. The zero-order valence-corrected chi connectivity index (χ0v) is 14.5. The molecule has 1 atom stereocenters. The number of nitrogens with one attached hydrogen (secondary N) is 2. The molecule has 3 N–H and O–H groups in total. The molecule has 1 aliphatic carbocycles. The molecule has 3 aromatic heterocycles. The topological polar surface area (TPSA) is 87.4 Å². The second-order valence-electron chi connectivity index (χ2n) is 7.14.